The number of hydrogen-bond acceptors (Lipinski definition) is 6. The largest absolute Gasteiger partial charge is 0.365 e. The molecule has 0 heterocycles. The molecule has 0 bridgehead atoms. The van der Waals surface area contributed by atoms with Crippen molar-refractivity contribution in [1.29, 1.82) is 0 Å². The fraction of sp³-hybridized carbons (Fsp3) is 0.875. The van der Waals surface area contributed by atoms with E-state index >= 15 is 0 Å². The van der Waals surface area contributed by atoms with E-state index in [4.69, 9.17) is 19.1 Å². The van der Waals surface area contributed by atoms with Crippen LogP contribution >= 0.6 is 0 Å². The van der Waals surface area contributed by atoms with Crippen molar-refractivity contribution in [3.8, 4) is 0 Å². The van der Waals surface area contributed by atoms with Crippen LogP contribution in [0.25, 0.3) is 0 Å². The maximum Gasteiger partial charge on any atom is 0.278 e. The van der Waals surface area contributed by atoms with Gasteiger partial charge in [0.05, 0.1) is 14.2 Å². The molecule has 2 atom stereocenters. The molecule has 2 amide bonds. The minimum atomic E-state index is -1.09. The number of carbonyl (C=O) groups excluding carboxylic acids is 2. The summed E-state index contributed by atoms with van der Waals surface area (Å²) in [5, 5.41) is 2.07. The molecule has 142 valence electrons. The molecule has 0 N–H and O–H groups in total. The average molecular weight is 348 g/mol. The normalized spacial score (nSPS) is 13.4. The fourth-order valence-electron chi connectivity index (χ4n) is 1.82. The number of hydrogen-bond donors (Lipinski definition) is 0. The van der Waals surface area contributed by atoms with E-state index in [1.165, 1.54) is 28.3 Å². The molecular weight excluding hydrogens is 316 g/mol. The van der Waals surface area contributed by atoms with Crippen molar-refractivity contribution in [2.45, 2.75) is 51.7 Å². The molecule has 0 saturated heterocycles. The van der Waals surface area contributed by atoms with Gasteiger partial charge in [-0.15, -0.1) is 0 Å². The summed E-state index contributed by atoms with van der Waals surface area (Å²) in [7, 11) is 5.67. The van der Waals surface area contributed by atoms with Crippen LogP contribution in [0.5, 0.6) is 0 Å². The lowest BCUT2D eigenvalue weighted by atomic mass is 10.1. The van der Waals surface area contributed by atoms with Gasteiger partial charge in [-0.3, -0.25) is 19.3 Å². The number of likely N-dealkylation sites (N-methyl/N-ethyl adjacent to an activating group) is 2. The fourth-order valence-corrected chi connectivity index (χ4v) is 1.82. The van der Waals surface area contributed by atoms with E-state index in [-0.39, 0.29) is 0 Å². The van der Waals surface area contributed by atoms with E-state index in [2.05, 4.69) is 0 Å². The van der Waals surface area contributed by atoms with Crippen molar-refractivity contribution < 1.29 is 28.7 Å². The molecule has 0 rings (SSSR count). The topological polar surface area (TPSA) is 77.5 Å². The van der Waals surface area contributed by atoms with Gasteiger partial charge in [0, 0.05) is 27.3 Å². The zero-order valence-electron chi connectivity index (χ0n) is 15.7. The maximum atomic E-state index is 12.5. The van der Waals surface area contributed by atoms with Crippen LogP contribution in [0.1, 0.15) is 39.5 Å². The lowest BCUT2D eigenvalue weighted by molar-refractivity contribution is -0.204. The summed E-state index contributed by atoms with van der Waals surface area (Å²) in [5.74, 6) is -0.957. The van der Waals surface area contributed by atoms with Crippen LogP contribution < -0.4 is 0 Å². The summed E-state index contributed by atoms with van der Waals surface area (Å²) in [5.41, 5.74) is 0. The van der Waals surface area contributed by atoms with E-state index in [9.17, 15) is 9.59 Å². The van der Waals surface area contributed by atoms with Gasteiger partial charge in [-0.1, -0.05) is 26.7 Å². The second-order valence-electron chi connectivity index (χ2n) is 5.33. The highest BCUT2D eigenvalue weighted by Crippen LogP contribution is 2.13. The van der Waals surface area contributed by atoms with Crippen LogP contribution in [0, 0.1) is 0 Å². The predicted molar refractivity (Wildman–Crippen MR) is 88.9 cm³/mol. The molecule has 8 heteroatoms. The van der Waals surface area contributed by atoms with Crippen molar-refractivity contribution >= 4 is 11.8 Å². The first kappa shape index (κ1) is 22.8. The lowest BCUT2D eigenvalue weighted by Gasteiger charge is -2.30. The molecule has 0 spiro atoms. The summed E-state index contributed by atoms with van der Waals surface area (Å²) < 4.78 is 11.4. The quantitative estimate of drug-likeness (QED) is 0.370. The molecule has 0 radical (unpaired) electrons. The second kappa shape index (κ2) is 13.1. The highest BCUT2D eigenvalue weighted by molar-refractivity contribution is 5.90. The second-order valence-corrected chi connectivity index (χ2v) is 5.33. The third-order valence-corrected chi connectivity index (χ3v) is 3.52. The Hall–Kier alpha value is -1.22. The molecule has 0 aliphatic carbocycles. The molecule has 2 unspecified atom stereocenters. The van der Waals surface area contributed by atoms with E-state index in [0.717, 1.165) is 35.8 Å². The monoisotopic (exact) mass is 348 g/mol. The minimum absolute atomic E-state index is 0.349. The first-order valence-corrected chi connectivity index (χ1v) is 8.31. The van der Waals surface area contributed by atoms with Crippen LogP contribution in [0.4, 0.5) is 0 Å². The Labute approximate surface area is 144 Å². The first-order chi connectivity index (χ1) is 11.4. The van der Waals surface area contributed by atoms with E-state index in [1.54, 1.807) is 0 Å². The predicted octanol–water partition coefficient (Wildman–Crippen LogP) is 1.40. The van der Waals surface area contributed by atoms with Crippen LogP contribution in [0.15, 0.2) is 0 Å². The Morgan fingerprint density at radius 2 is 1.12 bits per heavy atom. The Morgan fingerprint density at radius 3 is 1.38 bits per heavy atom. The molecule has 0 saturated carbocycles. The maximum absolute atomic E-state index is 12.5. The molecule has 0 aliphatic heterocycles. The molecule has 8 nitrogen and oxygen atoms in total. The third-order valence-electron chi connectivity index (χ3n) is 3.52. The first-order valence-electron chi connectivity index (χ1n) is 8.31. The van der Waals surface area contributed by atoms with Crippen molar-refractivity contribution in [1.82, 2.24) is 10.1 Å². The zero-order chi connectivity index (χ0) is 18.5. The Balaban J connectivity index is 5.32. The summed E-state index contributed by atoms with van der Waals surface area (Å²) in [6, 6.07) is 0. The molecule has 0 aromatic heterocycles. The van der Waals surface area contributed by atoms with E-state index < -0.39 is 24.0 Å². The number of rotatable bonds is 13. The smallest absolute Gasteiger partial charge is 0.278 e. The highest BCUT2D eigenvalue weighted by Gasteiger charge is 2.39. The molecule has 0 aromatic rings. The van der Waals surface area contributed by atoms with Crippen molar-refractivity contribution in [2.24, 2.45) is 0 Å². The summed E-state index contributed by atoms with van der Waals surface area (Å²) >= 11 is 0. The van der Waals surface area contributed by atoms with Gasteiger partial charge in [0.15, 0.2) is 12.2 Å². The summed E-state index contributed by atoms with van der Waals surface area (Å²) in [4.78, 5) is 35.0. The molecule has 0 fully saturated rings. The number of carbonyl (C=O) groups is 2. The minimum Gasteiger partial charge on any atom is -0.365 e. The van der Waals surface area contributed by atoms with Crippen molar-refractivity contribution in [3.63, 3.8) is 0 Å². The molecule has 0 aromatic carbocycles. The zero-order valence-corrected chi connectivity index (χ0v) is 15.7. The van der Waals surface area contributed by atoms with Gasteiger partial charge in [-0.05, 0) is 12.8 Å². The number of hydroxylamine groups is 4. The standard InChI is InChI=1S/C16H32N2O6/c1-7-9-11-23-13(15(19)17(3)21-5)14(24-12-10-8-2)16(20)18(4)22-6/h13-14H,7-12H2,1-6H3. The average Bonchev–Trinajstić information content (AvgIpc) is 2.60. The van der Waals surface area contributed by atoms with Gasteiger partial charge in [0.1, 0.15) is 0 Å². The SMILES string of the molecule is CCCCOC(C(=O)N(C)OC)C(OCCCC)C(=O)N(C)OC. The van der Waals surface area contributed by atoms with Gasteiger partial charge in [-0.25, -0.2) is 10.1 Å². The number of ether oxygens (including phenoxy) is 2. The van der Waals surface area contributed by atoms with Crippen molar-refractivity contribution in [3.05, 3.63) is 0 Å². The summed E-state index contributed by atoms with van der Waals surface area (Å²) in [6.45, 7) is 4.73. The van der Waals surface area contributed by atoms with Crippen LogP contribution in [-0.2, 0) is 28.7 Å². The Kier molecular flexibility index (Phi) is 12.4. The van der Waals surface area contributed by atoms with E-state index in [0.29, 0.717) is 13.2 Å². The van der Waals surface area contributed by atoms with Gasteiger partial charge in [0.25, 0.3) is 11.8 Å². The van der Waals surface area contributed by atoms with E-state index in [1.807, 2.05) is 13.8 Å². The lowest BCUT2D eigenvalue weighted by Crippen LogP contribution is -2.52. The third kappa shape index (κ3) is 7.57. The Morgan fingerprint density at radius 1 is 0.792 bits per heavy atom. The summed E-state index contributed by atoms with van der Waals surface area (Å²) in [6.07, 6.45) is 1.18. The van der Waals surface area contributed by atoms with Crippen LogP contribution in [0.2, 0.25) is 0 Å². The number of unbranched alkanes of at least 4 members (excludes halogenated alkanes) is 2. The van der Waals surface area contributed by atoms with Crippen LogP contribution in [0.3, 0.4) is 0 Å². The van der Waals surface area contributed by atoms with Crippen LogP contribution in [-0.4, -0.2) is 75.7 Å². The number of amides is 2. The van der Waals surface area contributed by atoms with Gasteiger partial charge < -0.3 is 9.47 Å². The number of nitrogens with zero attached hydrogens (tertiary/aromatic N) is 2. The van der Waals surface area contributed by atoms with Gasteiger partial charge >= 0.3 is 0 Å². The van der Waals surface area contributed by atoms with Crippen molar-refractivity contribution in [2.75, 3.05) is 41.5 Å². The van der Waals surface area contributed by atoms with Gasteiger partial charge in [-0.2, -0.15) is 0 Å². The molecule has 24 heavy (non-hydrogen) atoms. The molecule has 0 aliphatic rings. The Bertz CT molecular complexity index is 332. The van der Waals surface area contributed by atoms with Gasteiger partial charge in [0.2, 0.25) is 0 Å². The molecular formula is C16H32N2O6. The highest BCUT2D eigenvalue weighted by atomic mass is 16.7.